The number of methoxy groups -OCH3 is 1. The number of aliphatic hydroxyl groups is 1. The van der Waals surface area contributed by atoms with Gasteiger partial charge in [0.1, 0.15) is 5.75 Å². The highest BCUT2D eigenvalue weighted by molar-refractivity contribution is 5.65. The Bertz CT molecular complexity index is 826. The van der Waals surface area contributed by atoms with Crippen LogP contribution in [0.15, 0.2) is 17.1 Å². The summed E-state index contributed by atoms with van der Waals surface area (Å²) in [6, 6.07) is 2.64. The lowest BCUT2D eigenvalue weighted by atomic mass is 9.90. The Labute approximate surface area is 199 Å². The number of hydrogen-bond acceptors (Lipinski definition) is 6. The van der Waals surface area contributed by atoms with Gasteiger partial charge in [0.15, 0.2) is 6.29 Å². The van der Waals surface area contributed by atoms with Crippen LogP contribution < -0.4 is 4.74 Å². The Morgan fingerprint density at radius 3 is 2.44 bits per heavy atom. The van der Waals surface area contributed by atoms with Crippen molar-refractivity contribution >= 4 is 12.0 Å². The summed E-state index contributed by atoms with van der Waals surface area (Å²) in [4.78, 5) is 6.14. The van der Waals surface area contributed by atoms with Gasteiger partial charge in [0.25, 0.3) is 0 Å². The maximum atomic E-state index is 14.2. The normalized spacial score (nSPS) is 23.2. The first kappa shape index (κ1) is 28.4. The summed E-state index contributed by atoms with van der Waals surface area (Å²) in [6.45, 7) is 7.64. The summed E-state index contributed by atoms with van der Waals surface area (Å²) in [5, 5.41) is 10.9. The molecule has 1 N–H and O–H groups in total. The lowest BCUT2D eigenvalue weighted by Gasteiger charge is -2.38. The van der Waals surface area contributed by atoms with Gasteiger partial charge in [0.05, 0.1) is 45.6 Å². The van der Waals surface area contributed by atoms with E-state index in [0.29, 0.717) is 24.5 Å². The molecule has 0 bridgehead atoms. The van der Waals surface area contributed by atoms with Crippen LogP contribution >= 0.6 is 0 Å². The molecule has 0 radical (unpaired) electrons. The van der Waals surface area contributed by atoms with Gasteiger partial charge in [-0.1, -0.05) is 20.3 Å². The van der Waals surface area contributed by atoms with Crippen LogP contribution in [0.4, 0.5) is 18.9 Å². The molecule has 0 aliphatic carbocycles. The molecule has 1 atom stereocenters. The van der Waals surface area contributed by atoms with Crippen LogP contribution in [-0.4, -0.2) is 75.9 Å². The molecule has 0 aromatic heterocycles. The minimum atomic E-state index is -5.01. The predicted octanol–water partition coefficient (Wildman–Crippen LogP) is 4.56. The Hall–Kier alpha value is -1.88. The van der Waals surface area contributed by atoms with Crippen LogP contribution in [-0.2, 0) is 19.8 Å². The summed E-state index contributed by atoms with van der Waals surface area (Å²) in [7, 11) is 3.08. The average Bonchev–Trinajstić information content (AvgIpc) is 2.78. The standard InChI is InChI=1S/C24H37F3N2O5/c1-7-9-21-33-13-22(4,14-34-21)12-32-15-23(30,24(25,26)27)18-10-17(3)19(11-20(18)31-6)28-16-29(5)8-2/h10-11,16,21,30H,7-9,12-15H2,1-6H3. The molecule has 10 heteroatoms. The number of hydrogen-bond donors (Lipinski definition) is 1. The van der Waals surface area contributed by atoms with Gasteiger partial charge < -0.3 is 29.0 Å². The van der Waals surface area contributed by atoms with Crippen molar-refractivity contribution < 1.29 is 37.2 Å². The molecule has 0 spiro atoms. The first-order valence-electron chi connectivity index (χ1n) is 11.4. The molecule has 7 nitrogen and oxygen atoms in total. The molecular weight excluding hydrogens is 453 g/mol. The monoisotopic (exact) mass is 490 g/mol. The molecule has 34 heavy (non-hydrogen) atoms. The van der Waals surface area contributed by atoms with E-state index in [0.717, 1.165) is 19.4 Å². The van der Waals surface area contributed by atoms with Crippen LogP contribution in [0.3, 0.4) is 0 Å². The lowest BCUT2D eigenvalue weighted by Crippen LogP contribution is -2.48. The minimum absolute atomic E-state index is 0.0722. The fourth-order valence-corrected chi connectivity index (χ4v) is 3.47. The van der Waals surface area contributed by atoms with E-state index in [1.54, 1.807) is 13.3 Å². The van der Waals surface area contributed by atoms with E-state index in [-0.39, 0.29) is 18.6 Å². The maximum absolute atomic E-state index is 14.2. The van der Waals surface area contributed by atoms with Gasteiger partial charge in [-0.15, -0.1) is 0 Å². The second kappa shape index (κ2) is 11.7. The number of rotatable bonds is 11. The summed E-state index contributed by atoms with van der Waals surface area (Å²) in [6.07, 6.45) is -2.08. The van der Waals surface area contributed by atoms with Crippen molar-refractivity contribution in [1.29, 1.82) is 0 Å². The van der Waals surface area contributed by atoms with Crippen molar-refractivity contribution in [3.05, 3.63) is 23.3 Å². The van der Waals surface area contributed by atoms with E-state index in [1.165, 1.54) is 19.2 Å². The third kappa shape index (κ3) is 6.84. The summed E-state index contributed by atoms with van der Waals surface area (Å²) >= 11 is 0. The summed E-state index contributed by atoms with van der Waals surface area (Å²) < 4.78 is 64.5. The van der Waals surface area contributed by atoms with Gasteiger partial charge in [-0.25, -0.2) is 4.99 Å². The van der Waals surface area contributed by atoms with Crippen LogP contribution in [0.1, 0.15) is 44.7 Å². The van der Waals surface area contributed by atoms with Crippen molar-refractivity contribution in [1.82, 2.24) is 4.90 Å². The number of halogens is 3. The highest BCUT2D eigenvalue weighted by Crippen LogP contribution is 2.45. The molecule has 0 saturated carbocycles. The number of alkyl halides is 3. The molecule has 1 heterocycles. The fraction of sp³-hybridized carbons (Fsp3) is 0.708. The third-order valence-corrected chi connectivity index (χ3v) is 5.85. The zero-order valence-corrected chi connectivity index (χ0v) is 20.9. The van der Waals surface area contributed by atoms with Gasteiger partial charge in [-0.2, -0.15) is 13.2 Å². The Morgan fingerprint density at radius 1 is 1.26 bits per heavy atom. The second-order valence-corrected chi connectivity index (χ2v) is 9.16. The quantitative estimate of drug-likeness (QED) is 0.362. The first-order chi connectivity index (χ1) is 15.9. The fourth-order valence-electron chi connectivity index (χ4n) is 3.47. The second-order valence-electron chi connectivity index (χ2n) is 9.16. The van der Waals surface area contributed by atoms with E-state index in [1.807, 2.05) is 32.7 Å². The van der Waals surface area contributed by atoms with Gasteiger partial charge in [-0.05, 0) is 31.9 Å². The molecule has 1 unspecified atom stereocenters. The van der Waals surface area contributed by atoms with Gasteiger partial charge in [-0.3, -0.25) is 0 Å². The number of aryl methyl sites for hydroxylation is 1. The average molecular weight is 491 g/mol. The van der Waals surface area contributed by atoms with Crippen LogP contribution in [0.5, 0.6) is 5.75 Å². The number of aliphatic imine (C=N–C) groups is 1. The van der Waals surface area contributed by atoms with Crippen LogP contribution in [0.25, 0.3) is 0 Å². The zero-order chi connectivity index (χ0) is 25.6. The lowest BCUT2D eigenvalue weighted by molar-refractivity contribution is -0.289. The highest BCUT2D eigenvalue weighted by Gasteiger charge is 2.57. The van der Waals surface area contributed by atoms with E-state index in [9.17, 15) is 18.3 Å². The van der Waals surface area contributed by atoms with Crippen molar-refractivity contribution in [2.45, 2.75) is 58.6 Å². The van der Waals surface area contributed by atoms with Crippen LogP contribution in [0.2, 0.25) is 0 Å². The van der Waals surface area contributed by atoms with Crippen molar-refractivity contribution in [2.24, 2.45) is 10.4 Å². The van der Waals surface area contributed by atoms with E-state index >= 15 is 0 Å². The molecule has 1 aromatic rings. The van der Waals surface area contributed by atoms with Crippen molar-refractivity contribution in [3.8, 4) is 5.75 Å². The predicted molar refractivity (Wildman–Crippen MR) is 124 cm³/mol. The van der Waals surface area contributed by atoms with E-state index < -0.39 is 29.4 Å². The molecule has 2 rings (SSSR count). The Morgan fingerprint density at radius 2 is 1.91 bits per heavy atom. The SMILES string of the molecule is CCCC1OCC(C)(COCC(O)(c2cc(C)c(N=CN(C)CC)cc2OC)C(F)(F)F)CO1. The molecule has 194 valence electrons. The molecule has 1 saturated heterocycles. The molecule has 1 aromatic carbocycles. The molecular formula is C24H37F3N2O5. The Kier molecular flexibility index (Phi) is 9.76. The summed E-state index contributed by atoms with van der Waals surface area (Å²) in [5.74, 6) is -0.127. The van der Waals surface area contributed by atoms with Gasteiger partial charge in [0, 0.05) is 30.6 Å². The zero-order valence-electron chi connectivity index (χ0n) is 20.9. The number of nitrogens with zero attached hydrogens (tertiary/aromatic N) is 2. The molecule has 1 aliphatic rings. The van der Waals surface area contributed by atoms with Crippen molar-refractivity contribution in [3.63, 3.8) is 0 Å². The molecule has 1 fully saturated rings. The van der Waals surface area contributed by atoms with Crippen LogP contribution in [0, 0.1) is 12.3 Å². The summed E-state index contributed by atoms with van der Waals surface area (Å²) in [5.41, 5.74) is -3.42. The van der Waals surface area contributed by atoms with Gasteiger partial charge >= 0.3 is 6.18 Å². The minimum Gasteiger partial charge on any atom is -0.496 e. The van der Waals surface area contributed by atoms with Crippen molar-refractivity contribution in [2.75, 3.05) is 47.1 Å². The topological polar surface area (TPSA) is 72.8 Å². The third-order valence-electron chi connectivity index (χ3n) is 5.85. The van der Waals surface area contributed by atoms with Gasteiger partial charge in [0.2, 0.25) is 5.60 Å². The molecule has 0 amide bonds. The largest absolute Gasteiger partial charge is 0.496 e. The number of benzene rings is 1. The van der Waals surface area contributed by atoms with E-state index in [2.05, 4.69) is 4.99 Å². The van der Waals surface area contributed by atoms with E-state index in [4.69, 9.17) is 18.9 Å². The first-order valence-corrected chi connectivity index (χ1v) is 11.4. The Balaban J connectivity index is 2.24. The smallest absolute Gasteiger partial charge is 0.423 e. The highest BCUT2D eigenvalue weighted by atomic mass is 19.4. The molecule has 1 aliphatic heterocycles. The number of ether oxygens (including phenoxy) is 4. The maximum Gasteiger partial charge on any atom is 0.423 e.